The van der Waals surface area contributed by atoms with Crippen molar-refractivity contribution in [2.45, 2.75) is 74.8 Å². The first-order valence-electron chi connectivity index (χ1n) is 18.2. The van der Waals surface area contributed by atoms with Crippen LogP contribution in [0.4, 0.5) is 0 Å². The number of hydrogen-bond acceptors (Lipinski definition) is 15. The van der Waals surface area contributed by atoms with Crippen LogP contribution in [-0.2, 0) is 43.5 Å². The standard InChI is InChI=1S/C39H43N3O12S/c1-16-9-20-10-22-37(46)42-23-13-51-38(47)39(21-12-25(49-5)24(44)11-19(21)7-8-40-39)14-55(48)36(30(42)29(41(22)4)26(20)31(45)32(16)50-6)28-27(23)35-34(52-15-53-35)17(2)33(28)54-18(3)43/h9,11-12,22-23,29-30,36-37,40,44-46H,7-8,10,13-15H2,1-6H3/t22?,23-,29?,30?,36+,37-,39+,55?/m0/s1. The van der Waals surface area contributed by atoms with Crippen molar-refractivity contribution in [3.63, 3.8) is 0 Å². The minimum atomic E-state index is -2.06. The number of ether oxygens (including phenoxy) is 6. The first kappa shape index (κ1) is 36.1. The lowest BCUT2D eigenvalue weighted by molar-refractivity contribution is -0.186. The summed E-state index contributed by atoms with van der Waals surface area (Å²) in [5, 5.41) is 37.6. The molecule has 0 radical (unpaired) electrons. The predicted octanol–water partition coefficient (Wildman–Crippen LogP) is 2.43. The molecule has 8 atom stereocenters. The predicted molar refractivity (Wildman–Crippen MR) is 195 cm³/mol. The maximum atomic E-state index is 15.9. The van der Waals surface area contributed by atoms with Crippen molar-refractivity contribution in [2.75, 3.05) is 47.0 Å². The molecule has 15 nitrogen and oxygen atoms in total. The minimum absolute atomic E-state index is 0.0529. The summed E-state index contributed by atoms with van der Waals surface area (Å²) in [6.45, 7) is 4.77. The molecule has 4 unspecified atom stereocenters. The molecule has 55 heavy (non-hydrogen) atoms. The van der Waals surface area contributed by atoms with E-state index in [0.717, 1.165) is 11.1 Å². The Kier molecular flexibility index (Phi) is 8.33. The van der Waals surface area contributed by atoms with Crippen molar-refractivity contribution in [3.8, 4) is 40.2 Å². The number of phenolic OH excluding ortho intramolecular Hbond substituents is 2. The Morgan fingerprint density at radius 1 is 1.02 bits per heavy atom. The Morgan fingerprint density at radius 2 is 1.78 bits per heavy atom. The van der Waals surface area contributed by atoms with E-state index >= 15 is 4.21 Å². The van der Waals surface area contributed by atoms with Gasteiger partial charge in [0, 0.05) is 46.5 Å². The fourth-order valence-electron chi connectivity index (χ4n) is 10.2. The van der Waals surface area contributed by atoms with E-state index in [1.54, 1.807) is 19.1 Å². The number of carbonyl (C=O) groups is 2. The third-order valence-corrected chi connectivity index (χ3v) is 14.2. The van der Waals surface area contributed by atoms with Gasteiger partial charge in [-0.1, -0.05) is 6.07 Å². The number of benzene rings is 3. The molecule has 292 valence electrons. The zero-order valence-electron chi connectivity index (χ0n) is 31.3. The second kappa shape index (κ2) is 12.7. The quantitative estimate of drug-likeness (QED) is 0.224. The molecule has 0 saturated carbocycles. The van der Waals surface area contributed by atoms with Crippen LogP contribution in [0.5, 0.6) is 40.2 Å². The Labute approximate surface area is 319 Å². The number of piperazine rings is 1. The van der Waals surface area contributed by atoms with E-state index in [-0.39, 0.29) is 42.2 Å². The highest BCUT2D eigenvalue weighted by Crippen LogP contribution is 2.63. The Bertz CT molecular complexity index is 2210. The van der Waals surface area contributed by atoms with Gasteiger partial charge in [0.05, 0.1) is 49.4 Å². The molecule has 3 aromatic carbocycles. The van der Waals surface area contributed by atoms with Crippen molar-refractivity contribution in [1.29, 1.82) is 0 Å². The number of likely N-dealkylation sites (N-methyl/N-ethyl adjacent to an activating group) is 1. The van der Waals surface area contributed by atoms with Crippen LogP contribution in [-0.4, -0.2) is 107 Å². The van der Waals surface area contributed by atoms with Gasteiger partial charge in [0.2, 0.25) is 6.79 Å². The molecular formula is C39H43N3O12S. The average molecular weight is 778 g/mol. The molecule has 2 fully saturated rings. The van der Waals surface area contributed by atoms with E-state index in [1.807, 2.05) is 29.8 Å². The fraction of sp³-hybridized carbons (Fsp3) is 0.487. The molecule has 7 aliphatic rings. The van der Waals surface area contributed by atoms with E-state index in [0.29, 0.717) is 70.0 Å². The lowest BCUT2D eigenvalue weighted by Gasteiger charge is -2.62. The van der Waals surface area contributed by atoms with Crippen LogP contribution in [0.25, 0.3) is 0 Å². The average Bonchev–Trinajstić information content (AvgIpc) is 3.64. The largest absolute Gasteiger partial charge is 0.504 e. The summed E-state index contributed by atoms with van der Waals surface area (Å²) in [5.74, 6) is -0.492. The van der Waals surface area contributed by atoms with Crippen LogP contribution in [0.2, 0.25) is 0 Å². The highest BCUT2D eigenvalue weighted by atomic mass is 32.2. The van der Waals surface area contributed by atoms with Crippen LogP contribution in [0.3, 0.4) is 0 Å². The van der Waals surface area contributed by atoms with E-state index in [1.165, 1.54) is 21.1 Å². The zero-order chi connectivity index (χ0) is 38.8. The summed E-state index contributed by atoms with van der Waals surface area (Å²) in [4.78, 5) is 31.5. The number of aliphatic hydroxyl groups excluding tert-OH is 1. The molecule has 0 aliphatic carbocycles. The number of nitrogens with zero attached hydrogens (tertiary/aromatic N) is 2. The van der Waals surface area contributed by atoms with Gasteiger partial charge in [-0.3, -0.25) is 24.1 Å². The monoisotopic (exact) mass is 777 g/mol. The molecule has 4 N–H and O–H groups in total. The number of carbonyl (C=O) groups excluding carboxylic acids is 2. The van der Waals surface area contributed by atoms with E-state index in [9.17, 15) is 24.9 Å². The molecule has 0 amide bonds. The smallest absolute Gasteiger partial charge is 0.332 e. The first-order chi connectivity index (χ1) is 26.3. The fourth-order valence-corrected chi connectivity index (χ4v) is 12.3. The number of methoxy groups -OCH3 is 2. The van der Waals surface area contributed by atoms with Crippen molar-refractivity contribution >= 4 is 22.7 Å². The van der Waals surface area contributed by atoms with Gasteiger partial charge < -0.3 is 43.7 Å². The molecule has 1 spiro atoms. The van der Waals surface area contributed by atoms with Crippen LogP contribution in [0.1, 0.15) is 68.8 Å². The lowest BCUT2D eigenvalue weighted by Crippen LogP contribution is -2.70. The summed E-state index contributed by atoms with van der Waals surface area (Å²) in [6.07, 6.45) is -0.330. The lowest BCUT2D eigenvalue weighted by atomic mass is 9.73. The van der Waals surface area contributed by atoms with E-state index in [2.05, 4.69) is 5.32 Å². The van der Waals surface area contributed by atoms with E-state index in [4.69, 9.17) is 28.4 Å². The van der Waals surface area contributed by atoms with Gasteiger partial charge in [0.1, 0.15) is 18.6 Å². The minimum Gasteiger partial charge on any atom is -0.504 e. The molecule has 10 rings (SSSR count). The summed E-state index contributed by atoms with van der Waals surface area (Å²) in [6, 6.07) is 2.16. The normalized spacial score (nSPS) is 30.5. The second-order valence-corrected chi connectivity index (χ2v) is 16.7. The SMILES string of the molecule is COc1cc2c(cc1O)CCN[C@]21CS(=O)[C@@H]2c3c(OC(C)=O)c(C)c4c(c3[C@H](COC1=O)N1C2C2c3c(cc(C)c(OC)c3O)CC([C@@H]1O)N2C)OCO4. The molecule has 3 aromatic rings. The zero-order valence-corrected chi connectivity index (χ0v) is 32.1. The van der Waals surface area contributed by atoms with Gasteiger partial charge >= 0.3 is 11.9 Å². The molecule has 4 bridgehead atoms. The Morgan fingerprint density at radius 3 is 2.51 bits per heavy atom. The summed E-state index contributed by atoms with van der Waals surface area (Å²) >= 11 is 0. The molecule has 16 heteroatoms. The number of rotatable bonds is 3. The third kappa shape index (κ3) is 4.90. The number of aliphatic hydroxyl groups is 1. The van der Waals surface area contributed by atoms with Crippen molar-refractivity contribution in [3.05, 3.63) is 62.7 Å². The maximum absolute atomic E-state index is 15.9. The number of nitrogens with one attached hydrogen (secondary N) is 1. The topological polar surface area (TPSA) is 186 Å². The molecule has 7 aliphatic heterocycles. The van der Waals surface area contributed by atoms with Gasteiger partial charge in [-0.25, -0.2) is 4.79 Å². The second-order valence-electron chi connectivity index (χ2n) is 15.1. The Balaban J connectivity index is 1.35. The highest BCUT2D eigenvalue weighted by molar-refractivity contribution is 7.85. The number of esters is 2. The van der Waals surface area contributed by atoms with Crippen LogP contribution >= 0.6 is 0 Å². The van der Waals surface area contributed by atoms with Crippen LogP contribution < -0.4 is 29.0 Å². The van der Waals surface area contributed by atoms with Crippen LogP contribution in [0.15, 0.2) is 18.2 Å². The first-order valence-corrected chi connectivity index (χ1v) is 19.6. The summed E-state index contributed by atoms with van der Waals surface area (Å²) in [7, 11) is 2.72. The van der Waals surface area contributed by atoms with Crippen LogP contribution in [0, 0.1) is 13.8 Å². The maximum Gasteiger partial charge on any atom is 0.332 e. The number of aryl methyl sites for hydroxylation is 1. The van der Waals surface area contributed by atoms with Crippen molar-refractivity contribution < 1.29 is 57.5 Å². The van der Waals surface area contributed by atoms with Crippen molar-refractivity contribution in [2.24, 2.45) is 0 Å². The van der Waals surface area contributed by atoms with Gasteiger partial charge in [-0.15, -0.1) is 0 Å². The number of phenols is 2. The van der Waals surface area contributed by atoms with Gasteiger partial charge in [-0.2, -0.15) is 0 Å². The van der Waals surface area contributed by atoms with Crippen molar-refractivity contribution in [1.82, 2.24) is 15.1 Å². The summed E-state index contributed by atoms with van der Waals surface area (Å²) in [5.41, 5.74) is 2.93. The van der Waals surface area contributed by atoms with Gasteiger partial charge in [0.25, 0.3) is 0 Å². The molecule has 7 heterocycles. The third-order valence-electron chi connectivity index (χ3n) is 12.4. The number of hydrogen-bond donors (Lipinski definition) is 4. The molecular weight excluding hydrogens is 735 g/mol. The summed E-state index contributed by atoms with van der Waals surface area (Å²) < 4.78 is 51.5. The Hall–Kier alpha value is -4.61. The van der Waals surface area contributed by atoms with E-state index < -0.39 is 63.9 Å². The number of fused-ring (bicyclic) bond motifs is 9. The van der Waals surface area contributed by atoms with Gasteiger partial charge in [-0.05, 0) is 68.1 Å². The molecule has 0 aromatic heterocycles. The molecule has 2 saturated heterocycles. The van der Waals surface area contributed by atoms with Gasteiger partial charge in [0.15, 0.2) is 40.0 Å². The number of aromatic hydroxyl groups is 2. The highest BCUT2D eigenvalue weighted by Gasteiger charge is 2.63.